The quantitative estimate of drug-likeness (QED) is 0.636. The van der Waals surface area contributed by atoms with Crippen LogP contribution < -0.4 is 9.47 Å². The van der Waals surface area contributed by atoms with Crippen LogP contribution in [0.3, 0.4) is 0 Å². The highest BCUT2D eigenvalue weighted by Gasteiger charge is 2.41. The molecule has 0 N–H and O–H groups in total. The number of thiophene rings is 2. The average molecular weight is 342 g/mol. The topological polar surface area (TPSA) is 18.5 Å². The molecule has 2 heterocycles. The van der Waals surface area contributed by atoms with E-state index < -0.39 is 0 Å². The zero-order valence-corrected chi connectivity index (χ0v) is 15.0. The van der Waals surface area contributed by atoms with E-state index >= 15 is 0 Å². The van der Waals surface area contributed by atoms with Crippen molar-refractivity contribution in [1.82, 2.24) is 0 Å². The molecule has 4 rings (SSSR count). The first kappa shape index (κ1) is 14.8. The minimum Gasteiger partial charge on any atom is -0.493 e. The molecule has 4 heteroatoms. The Morgan fingerprint density at radius 2 is 1.48 bits per heavy atom. The number of hydrogen-bond acceptors (Lipinski definition) is 4. The number of methoxy groups -OCH3 is 2. The first-order chi connectivity index (χ1) is 11.2. The van der Waals surface area contributed by atoms with Gasteiger partial charge in [0.15, 0.2) is 11.5 Å². The molecule has 0 spiro atoms. The SMILES string of the molecule is COc1ccc(CC2(C)c3ccsc3-c3sccc32)cc1OC. The standard InChI is InChI=1S/C19H18O2S2/c1-19(11-12-4-5-15(20-2)16(10-12)21-3)13-6-8-22-17(13)18-14(19)7-9-23-18/h4-10H,11H2,1-3H3. The van der Waals surface area contributed by atoms with Gasteiger partial charge in [-0.25, -0.2) is 0 Å². The van der Waals surface area contributed by atoms with Gasteiger partial charge in [0.2, 0.25) is 0 Å². The Balaban J connectivity index is 1.78. The summed E-state index contributed by atoms with van der Waals surface area (Å²) in [4.78, 5) is 2.89. The van der Waals surface area contributed by atoms with Crippen LogP contribution in [0.25, 0.3) is 9.75 Å². The molecule has 2 nitrogen and oxygen atoms in total. The third kappa shape index (κ3) is 2.12. The summed E-state index contributed by atoms with van der Waals surface area (Å²) in [6, 6.07) is 10.8. The van der Waals surface area contributed by atoms with Crippen molar-refractivity contribution in [3.63, 3.8) is 0 Å². The zero-order chi connectivity index (χ0) is 16.0. The maximum Gasteiger partial charge on any atom is 0.160 e. The van der Waals surface area contributed by atoms with Crippen LogP contribution in [0.5, 0.6) is 11.5 Å². The van der Waals surface area contributed by atoms with Gasteiger partial charge in [-0.1, -0.05) is 13.0 Å². The van der Waals surface area contributed by atoms with Crippen molar-refractivity contribution in [3.8, 4) is 21.3 Å². The second-order valence-electron chi connectivity index (χ2n) is 6.03. The monoisotopic (exact) mass is 342 g/mol. The predicted octanol–water partition coefficient (Wildman–Crippen LogP) is 5.36. The van der Waals surface area contributed by atoms with Gasteiger partial charge in [-0.2, -0.15) is 0 Å². The Bertz CT molecular complexity index is 820. The van der Waals surface area contributed by atoms with Gasteiger partial charge in [0.05, 0.1) is 14.2 Å². The van der Waals surface area contributed by atoms with E-state index in [-0.39, 0.29) is 5.41 Å². The lowest BCUT2D eigenvalue weighted by Gasteiger charge is -2.26. The van der Waals surface area contributed by atoms with Gasteiger partial charge in [-0.05, 0) is 58.1 Å². The van der Waals surface area contributed by atoms with E-state index in [9.17, 15) is 0 Å². The molecule has 0 unspecified atom stereocenters. The Hall–Kier alpha value is -1.78. The molecule has 0 saturated carbocycles. The van der Waals surface area contributed by atoms with Gasteiger partial charge in [-0.15, -0.1) is 22.7 Å². The van der Waals surface area contributed by atoms with E-state index in [0.717, 1.165) is 17.9 Å². The van der Waals surface area contributed by atoms with E-state index in [1.165, 1.54) is 26.4 Å². The van der Waals surface area contributed by atoms with Crippen LogP contribution in [0.15, 0.2) is 41.1 Å². The summed E-state index contributed by atoms with van der Waals surface area (Å²) >= 11 is 3.70. The average Bonchev–Trinajstić information content (AvgIpc) is 3.25. The van der Waals surface area contributed by atoms with Crippen LogP contribution in [0.1, 0.15) is 23.6 Å². The van der Waals surface area contributed by atoms with E-state index in [1.807, 2.05) is 28.7 Å². The third-order valence-corrected chi connectivity index (χ3v) is 6.72. The van der Waals surface area contributed by atoms with Crippen LogP contribution in [0.4, 0.5) is 0 Å². The van der Waals surface area contributed by atoms with Gasteiger partial charge in [-0.3, -0.25) is 0 Å². The summed E-state index contributed by atoms with van der Waals surface area (Å²) < 4.78 is 10.8. The molecular weight excluding hydrogens is 324 g/mol. The second kappa shape index (κ2) is 5.39. The number of rotatable bonds is 4. The molecule has 1 aliphatic carbocycles. The Morgan fingerprint density at radius 3 is 2.04 bits per heavy atom. The van der Waals surface area contributed by atoms with Crippen LogP contribution >= 0.6 is 22.7 Å². The largest absolute Gasteiger partial charge is 0.493 e. The van der Waals surface area contributed by atoms with E-state index in [2.05, 4.69) is 41.9 Å². The minimum absolute atomic E-state index is 0.0320. The molecule has 23 heavy (non-hydrogen) atoms. The van der Waals surface area contributed by atoms with E-state index in [4.69, 9.17) is 9.47 Å². The highest BCUT2D eigenvalue weighted by Crippen LogP contribution is 2.55. The maximum atomic E-state index is 5.46. The molecule has 0 fully saturated rings. The molecule has 3 aromatic rings. The second-order valence-corrected chi connectivity index (χ2v) is 7.86. The minimum atomic E-state index is 0.0320. The molecule has 0 saturated heterocycles. The summed E-state index contributed by atoms with van der Waals surface area (Å²) in [6.45, 7) is 2.35. The number of fused-ring (bicyclic) bond motifs is 3. The van der Waals surface area contributed by atoms with Crippen molar-refractivity contribution in [2.75, 3.05) is 14.2 Å². The van der Waals surface area contributed by atoms with E-state index in [1.54, 1.807) is 14.2 Å². The first-order valence-corrected chi connectivity index (χ1v) is 9.30. The highest BCUT2D eigenvalue weighted by molar-refractivity contribution is 7.21. The van der Waals surface area contributed by atoms with Crippen LogP contribution in [0.2, 0.25) is 0 Å². The molecule has 2 aromatic heterocycles. The summed E-state index contributed by atoms with van der Waals surface area (Å²) in [5.74, 6) is 1.57. The van der Waals surface area contributed by atoms with Crippen LogP contribution in [-0.4, -0.2) is 14.2 Å². The third-order valence-electron chi connectivity index (χ3n) is 4.73. The molecule has 0 bridgehead atoms. The molecule has 0 amide bonds. The van der Waals surface area contributed by atoms with E-state index in [0.29, 0.717) is 0 Å². The van der Waals surface area contributed by atoms with Crippen molar-refractivity contribution in [2.45, 2.75) is 18.8 Å². The smallest absolute Gasteiger partial charge is 0.160 e. The van der Waals surface area contributed by atoms with Gasteiger partial charge in [0, 0.05) is 15.2 Å². The lowest BCUT2D eigenvalue weighted by atomic mass is 9.76. The molecule has 1 aromatic carbocycles. The summed E-state index contributed by atoms with van der Waals surface area (Å²) in [6.07, 6.45) is 0.959. The summed E-state index contributed by atoms with van der Waals surface area (Å²) in [5.41, 5.74) is 4.21. The van der Waals surface area contributed by atoms with Crippen LogP contribution in [-0.2, 0) is 11.8 Å². The lowest BCUT2D eigenvalue weighted by Crippen LogP contribution is -2.23. The van der Waals surface area contributed by atoms with Crippen molar-refractivity contribution in [2.24, 2.45) is 0 Å². The Morgan fingerprint density at radius 1 is 0.870 bits per heavy atom. The number of ether oxygens (including phenoxy) is 2. The molecular formula is C19H18O2S2. The van der Waals surface area contributed by atoms with Gasteiger partial charge in [0.25, 0.3) is 0 Å². The summed E-state index contributed by atoms with van der Waals surface area (Å²) in [5, 5.41) is 4.42. The van der Waals surface area contributed by atoms with Crippen molar-refractivity contribution in [1.29, 1.82) is 0 Å². The van der Waals surface area contributed by atoms with Crippen molar-refractivity contribution < 1.29 is 9.47 Å². The fraction of sp³-hybridized carbons (Fsp3) is 0.263. The maximum absolute atomic E-state index is 5.46. The summed E-state index contributed by atoms with van der Waals surface area (Å²) in [7, 11) is 3.36. The lowest BCUT2D eigenvalue weighted by molar-refractivity contribution is 0.354. The molecule has 118 valence electrons. The molecule has 0 atom stereocenters. The normalized spacial score (nSPS) is 14.4. The Labute approximate surface area is 144 Å². The predicted molar refractivity (Wildman–Crippen MR) is 97.3 cm³/mol. The molecule has 0 radical (unpaired) electrons. The van der Waals surface area contributed by atoms with Gasteiger partial charge < -0.3 is 9.47 Å². The number of benzene rings is 1. The first-order valence-electron chi connectivity index (χ1n) is 7.54. The van der Waals surface area contributed by atoms with Crippen LogP contribution in [0, 0.1) is 0 Å². The fourth-order valence-electron chi connectivity index (χ4n) is 3.57. The van der Waals surface area contributed by atoms with Crippen molar-refractivity contribution >= 4 is 22.7 Å². The molecule has 0 aliphatic heterocycles. The van der Waals surface area contributed by atoms with Gasteiger partial charge >= 0.3 is 0 Å². The fourth-order valence-corrected chi connectivity index (χ4v) is 5.82. The Kier molecular flexibility index (Phi) is 3.47. The van der Waals surface area contributed by atoms with Crippen molar-refractivity contribution in [3.05, 3.63) is 57.8 Å². The molecule has 1 aliphatic rings. The zero-order valence-electron chi connectivity index (χ0n) is 13.4. The highest BCUT2D eigenvalue weighted by atomic mass is 32.1. The number of hydrogen-bond donors (Lipinski definition) is 0. The van der Waals surface area contributed by atoms with Gasteiger partial charge in [0.1, 0.15) is 0 Å².